The number of ketones is 1. The fourth-order valence-electron chi connectivity index (χ4n) is 1.58. The molecular weight excluding hydrogens is 348 g/mol. The first-order chi connectivity index (χ1) is 12.6. The molecule has 2 amide bonds. The maximum Gasteiger partial charge on any atom is 0.246 e. The van der Waals surface area contributed by atoms with E-state index in [0.717, 1.165) is 0 Å². The van der Waals surface area contributed by atoms with Crippen LogP contribution in [0.5, 0.6) is 0 Å². The third-order valence-electron chi connectivity index (χ3n) is 2.70. The van der Waals surface area contributed by atoms with Crippen molar-refractivity contribution < 1.29 is 38.1 Å². The van der Waals surface area contributed by atoms with Gasteiger partial charge in [-0.15, -0.1) is 0 Å². The van der Waals surface area contributed by atoms with Gasteiger partial charge in [0, 0.05) is 20.2 Å². The molecule has 0 aliphatic rings. The Morgan fingerprint density at radius 3 is 1.62 bits per heavy atom. The van der Waals surface area contributed by atoms with Gasteiger partial charge >= 0.3 is 0 Å². The van der Waals surface area contributed by atoms with Crippen LogP contribution in [0.3, 0.4) is 0 Å². The summed E-state index contributed by atoms with van der Waals surface area (Å²) in [5.41, 5.74) is 0. The van der Waals surface area contributed by atoms with E-state index < -0.39 is 0 Å². The van der Waals surface area contributed by atoms with Gasteiger partial charge in [0.2, 0.25) is 11.8 Å². The summed E-state index contributed by atoms with van der Waals surface area (Å²) < 4.78 is 25.3. The van der Waals surface area contributed by atoms with E-state index in [-0.39, 0.29) is 44.0 Å². The zero-order chi connectivity index (χ0) is 19.5. The average molecular weight is 378 g/mol. The highest BCUT2D eigenvalue weighted by Gasteiger charge is 2.01. The van der Waals surface area contributed by atoms with Crippen LogP contribution in [0.4, 0.5) is 0 Å². The smallest absolute Gasteiger partial charge is 0.246 e. The summed E-state index contributed by atoms with van der Waals surface area (Å²) in [5, 5.41) is 5.26. The van der Waals surface area contributed by atoms with Gasteiger partial charge in [-0.25, -0.2) is 0 Å². The highest BCUT2D eigenvalue weighted by Crippen LogP contribution is 1.82. The number of amides is 2. The Morgan fingerprint density at radius 2 is 1.12 bits per heavy atom. The first-order valence-corrected chi connectivity index (χ1v) is 8.39. The summed E-state index contributed by atoms with van der Waals surface area (Å²) in [6, 6.07) is 0. The Balaban J connectivity index is 3.24. The summed E-state index contributed by atoms with van der Waals surface area (Å²) >= 11 is 0. The van der Waals surface area contributed by atoms with Crippen LogP contribution in [0.1, 0.15) is 6.92 Å². The van der Waals surface area contributed by atoms with Crippen molar-refractivity contribution in [2.75, 3.05) is 79.7 Å². The van der Waals surface area contributed by atoms with E-state index >= 15 is 0 Å². The van der Waals surface area contributed by atoms with Gasteiger partial charge in [-0.05, 0) is 6.92 Å². The van der Waals surface area contributed by atoms with Crippen LogP contribution in [0.2, 0.25) is 0 Å². The number of ether oxygens (including phenoxy) is 5. The molecular formula is C16H30N2O8. The van der Waals surface area contributed by atoms with Crippen LogP contribution in [0.25, 0.3) is 0 Å². The lowest BCUT2D eigenvalue weighted by Crippen LogP contribution is -2.32. The fraction of sp³-hybridized carbons (Fsp3) is 0.812. The normalized spacial score (nSPS) is 10.5. The minimum atomic E-state index is -0.242. The topological polar surface area (TPSA) is 121 Å². The molecule has 0 spiro atoms. The Labute approximate surface area is 153 Å². The van der Waals surface area contributed by atoms with Gasteiger partial charge < -0.3 is 34.3 Å². The van der Waals surface area contributed by atoms with Crippen LogP contribution in [-0.2, 0) is 38.1 Å². The number of nitrogens with one attached hydrogen (secondary N) is 2. The largest absolute Gasteiger partial charge is 0.377 e. The van der Waals surface area contributed by atoms with E-state index in [4.69, 9.17) is 18.9 Å². The van der Waals surface area contributed by atoms with Gasteiger partial charge in [-0.2, -0.15) is 0 Å². The second-order valence-electron chi connectivity index (χ2n) is 5.16. The second kappa shape index (κ2) is 18.2. The number of carbonyl (C=O) groups excluding carboxylic acids is 3. The molecule has 0 unspecified atom stereocenters. The van der Waals surface area contributed by atoms with Gasteiger partial charge in [0.1, 0.15) is 19.8 Å². The number of Topliss-reactive ketones (excluding diaryl/α,β-unsaturated/α-hetero) is 1. The molecule has 0 bridgehead atoms. The molecule has 152 valence electrons. The molecule has 0 radical (unpaired) electrons. The predicted molar refractivity (Wildman–Crippen MR) is 91.9 cm³/mol. The van der Waals surface area contributed by atoms with Crippen LogP contribution in [-0.4, -0.2) is 97.3 Å². The van der Waals surface area contributed by atoms with Crippen molar-refractivity contribution >= 4 is 17.6 Å². The fourth-order valence-corrected chi connectivity index (χ4v) is 1.58. The highest BCUT2D eigenvalue weighted by molar-refractivity contribution is 5.77. The summed E-state index contributed by atoms with van der Waals surface area (Å²) in [7, 11) is 1.45. The van der Waals surface area contributed by atoms with Crippen LogP contribution in [0, 0.1) is 0 Å². The van der Waals surface area contributed by atoms with Crippen LogP contribution < -0.4 is 10.6 Å². The molecule has 0 atom stereocenters. The summed E-state index contributed by atoms with van der Waals surface area (Å²) in [5.74, 6) is -0.471. The monoisotopic (exact) mass is 378 g/mol. The lowest BCUT2D eigenvalue weighted by molar-refractivity contribution is -0.127. The SMILES string of the molecule is COCC(=O)NCCOCCOCC(=O)NCCOCCOCC(C)=O. The summed E-state index contributed by atoms with van der Waals surface area (Å²) in [6.07, 6.45) is 0. The molecule has 0 aliphatic carbocycles. The quantitative estimate of drug-likeness (QED) is 0.277. The number of hydrogen-bond donors (Lipinski definition) is 2. The molecule has 0 fully saturated rings. The molecule has 0 saturated carbocycles. The molecule has 26 heavy (non-hydrogen) atoms. The van der Waals surface area contributed by atoms with Crippen molar-refractivity contribution in [2.45, 2.75) is 6.92 Å². The summed E-state index contributed by atoms with van der Waals surface area (Å²) in [4.78, 5) is 33.2. The van der Waals surface area contributed by atoms with Crippen molar-refractivity contribution in [3.63, 3.8) is 0 Å². The first kappa shape index (κ1) is 24.4. The van der Waals surface area contributed by atoms with E-state index in [1.807, 2.05) is 0 Å². The van der Waals surface area contributed by atoms with Crippen molar-refractivity contribution in [2.24, 2.45) is 0 Å². The second-order valence-corrected chi connectivity index (χ2v) is 5.16. The number of methoxy groups -OCH3 is 1. The number of rotatable bonds is 18. The van der Waals surface area contributed by atoms with Crippen LogP contribution in [0.15, 0.2) is 0 Å². The standard InChI is InChI=1S/C16H30N2O8/c1-14(19)11-25-9-7-23-6-4-18-16(21)13-26-10-8-24-5-3-17-15(20)12-22-2/h3-13H2,1-2H3,(H,17,20)(H,18,21). The summed E-state index contributed by atoms with van der Waals surface area (Å²) in [6.45, 7) is 4.29. The Bertz CT molecular complexity index is 392. The Kier molecular flexibility index (Phi) is 17.1. The molecule has 10 heteroatoms. The third kappa shape index (κ3) is 18.7. The first-order valence-electron chi connectivity index (χ1n) is 8.39. The van der Waals surface area contributed by atoms with Crippen molar-refractivity contribution in [3.05, 3.63) is 0 Å². The van der Waals surface area contributed by atoms with Gasteiger partial charge in [0.15, 0.2) is 5.78 Å². The molecule has 0 heterocycles. The number of hydrogen-bond acceptors (Lipinski definition) is 8. The van der Waals surface area contributed by atoms with Crippen molar-refractivity contribution in [1.29, 1.82) is 0 Å². The third-order valence-corrected chi connectivity index (χ3v) is 2.70. The van der Waals surface area contributed by atoms with Gasteiger partial charge in [-0.3, -0.25) is 14.4 Å². The van der Waals surface area contributed by atoms with E-state index in [2.05, 4.69) is 15.4 Å². The van der Waals surface area contributed by atoms with E-state index in [9.17, 15) is 14.4 Å². The van der Waals surface area contributed by atoms with E-state index in [1.54, 1.807) is 0 Å². The number of carbonyl (C=O) groups is 3. The molecule has 0 aromatic carbocycles. The average Bonchev–Trinajstić information content (AvgIpc) is 2.59. The molecule has 2 N–H and O–H groups in total. The molecule has 0 aliphatic heterocycles. The molecule has 0 aromatic rings. The zero-order valence-corrected chi connectivity index (χ0v) is 15.5. The van der Waals surface area contributed by atoms with E-state index in [0.29, 0.717) is 46.1 Å². The minimum Gasteiger partial charge on any atom is -0.377 e. The predicted octanol–water partition coefficient (Wildman–Crippen LogP) is -1.48. The van der Waals surface area contributed by atoms with Crippen molar-refractivity contribution in [1.82, 2.24) is 10.6 Å². The highest BCUT2D eigenvalue weighted by atomic mass is 16.5. The van der Waals surface area contributed by atoms with Gasteiger partial charge in [0.25, 0.3) is 0 Å². The van der Waals surface area contributed by atoms with Crippen molar-refractivity contribution in [3.8, 4) is 0 Å². The lowest BCUT2D eigenvalue weighted by Gasteiger charge is -2.08. The van der Waals surface area contributed by atoms with Gasteiger partial charge in [0.05, 0.1) is 39.6 Å². The Hall–Kier alpha value is -1.59. The van der Waals surface area contributed by atoms with Gasteiger partial charge in [-0.1, -0.05) is 0 Å². The molecule has 0 rings (SSSR count). The Morgan fingerprint density at radius 1 is 0.654 bits per heavy atom. The maximum atomic E-state index is 11.5. The lowest BCUT2D eigenvalue weighted by atomic mass is 10.5. The van der Waals surface area contributed by atoms with Crippen LogP contribution >= 0.6 is 0 Å². The molecule has 10 nitrogen and oxygen atoms in total. The molecule has 0 saturated heterocycles. The molecule has 0 aromatic heterocycles. The van der Waals surface area contributed by atoms with E-state index in [1.165, 1.54) is 14.0 Å². The minimum absolute atomic E-state index is 0.0247. The zero-order valence-electron chi connectivity index (χ0n) is 15.5. The maximum absolute atomic E-state index is 11.5.